The summed E-state index contributed by atoms with van der Waals surface area (Å²) >= 11 is 3.41. The number of benzene rings is 1. The molecule has 0 radical (unpaired) electrons. The van der Waals surface area contributed by atoms with E-state index < -0.39 is 0 Å². The van der Waals surface area contributed by atoms with Crippen molar-refractivity contribution in [3.05, 3.63) is 33.8 Å². The Morgan fingerprint density at radius 3 is 2.84 bits per heavy atom. The molecule has 2 N–H and O–H groups in total. The van der Waals surface area contributed by atoms with Crippen LogP contribution in [0.3, 0.4) is 0 Å². The smallest absolute Gasteiger partial charge is 0.251 e. The lowest BCUT2D eigenvalue weighted by Gasteiger charge is -2.27. The molecule has 1 amide bonds. The summed E-state index contributed by atoms with van der Waals surface area (Å²) in [5, 5.41) is 6.31. The van der Waals surface area contributed by atoms with E-state index in [0.717, 1.165) is 48.3 Å². The van der Waals surface area contributed by atoms with Crippen LogP contribution in [0.1, 0.15) is 15.9 Å². The Morgan fingerprint density at radius 2 is 2.16 bits per heavy atom. The maximum absolute atomic E-state index is 12.1. The van der Waals surface area contributed by atoms with Crippen molar-refractivity contribution in [3.63, 3.8) is 0 Å². The minimum Gasteiger partial charge on any atom is -0.351 e. The van der Waals surface area contributed by atoms with Crippen molar-refractivity contribution < 1.29 is 4.79 Å². The van der Waals surface area contributed by atoms with Crippen molar-refractivity contribution in [2.75, 3.05) is 39.3 Å². The predicted molar refractivity (Wildman–Crippen MR) is 80.5 cm³/mol. The van der Waals surface area contributed by atoms with Gasteiger partial charge in [0.1, 0.15) is 0 Å². The highest BCUT2D eigenvalue weighted by molar-refractivity contribution is 9.10. The summed E-state index contributed by atoms with van der Waals surface area (Å²) < 4.78 is 1.00. The van der Waals surface area contributed by atoms with Gasteiger partial charge < -0.3 is 10.6 Å². The van der Waals surface area contributed by atoms with Crippen LogP contribution in [-0.2, 0) is 0 Å². The van der Waals surface area contributed by atoms with Crippen molar-refractivity contribution >= 4 is 21.8 Å². The number of halogens is 1. The number of carbonyl (C=O) groups is 1. The fourth-order valence-corrected chi connectivity index (χ4v) is 2.71. The lowest BCUT2D eigenvalue weighted by Crippen LogP contribution is -2.46. The van der Waals surface area contributed by atoms with E-state index in [1.165, 1.54) is 0 Å². The zero-order valence-corrected chi connectivity index (χ0v) is 12.8. The summed E-state index contributed by atoms with van der Waals surface area (Å²) in [4.78, 5) is 14.4. The van der Waals surface area contributed by atoms with Gasteiger partial charge in [0.05, 0.1) is 0 Å². The molecule has 104 valence electrons. The third-order valence-electron chi connectivity index (χ3n) is 3.36. The Bertz CT molecular complexity index is 444. The Kier molecular flexibility index (Phi) is 5.36. The van der Waals surface area contributed by atoms with Crippen molar-refractivity contribution in [2.24, 2.45) is 0 Å². The van der Waals surface area contributed by atoms with E-state index >= 15 is 0 Å². The highest BCUT2D eigenvalue weighted by atomic mass is 79.9. The number of carbonyl (C=O) groups excluding carboxylic acids is 1. The molecular formula is C14H20BrN3O. The Labute approximate surface area is 122 Å². The average molecular weight is 326 g/mol. The van der Waals surface area contributed by atoms with E-state index in [-0.39, 0.29) is 5.91 Å². The number of hydrogen-bond acceptors (Lipinski definition) is 3. The normalized spacial score (nSPS) is 16.3. The summed E-state index contributed by atoms with van der Waals surface area (Å²) in [6, 6.07) is 5.73. The second kappa shape index (κ2) is 7.03. The van der Waals surface area contributed by atoms with E-state index in [0.29, 0.717) is 6.54 Å². The quantitative estimate of drug-likeness (QED) is 0.879. The number of hydrogen-bond donors (Lipinski definition) is 2. The van der Waals surface area contributed by atoms with Gasteiger partial charge in [-0.2, -0.15) is 0 Å². The van der Waals surface area contributed by atoms with Crippen molar-refractivity contribution in [2.45, 2.75) is 6.92 Å². The third kappa shape index (κ3) is 4.30. The highest BCUT2D eigenvalue weighted by Gasteiger charge is 2.11. The van der Waals surface area contributed by atoms with Crippen LogP contribution < -0.4 is 10.6 Å². The maximum Gasteiger partial charge on any atom is 0.251 e. The molecule has 1 saturated heterocycles. The summed E-state index contributed by atoms with van der Waals surface area (Å²) in [7, 11) is 0. The fourth-order valence-electron chi connectivity index (χ4n) is 2.24. The van der Waals surface area contributed by atoms with E-state index in [2.05, 4.69) is 31.5 Å². The van der Waals surface area contributed by atoms with Gasteiger partial charge in [0.15, 0.2) is 0 Å². The maximum atomic E-state index is 12.1. The minimum absolute atomic E-state index is 0.0140. The van der Waals surface area contributed by atoms with Crippen LogP contribution in [0.25, 0.3) is 0 Å². The Hall–Kier alpha value is -0.910. The third-order valence-corrected chi connectivity index (χ3v) is 3.85. The van der Waals surface area contributed by atoms with Gasteiger partial charge in [-0.3, -0.25) is 9.69 Å². The molecule has 0 unspecified atom stereocenters. The monoisotopic (exact) mass is 325 g/mol. The van der Waals surface area contributed by atoms with Crippen LogP contribution in [0, 0.1) is 6.92 Å². The van der Waals surface area contributed by atoms with Crippen LogP contribution in [0.5, 0.6) is 0 Å². The number of piperazine rings is 1. The molecule has 0 bridgehead atoms. The zero-order valence-electron chi connectivity index (χ0n) is 11.2. The largest absolute Gasteiger partial charge is 0.351 e. The standard InChI is InChI=1S/C14H20BrN3O/c1-11-10-12(15)2-3-13(11)14(19)17-6-9-18-7-4-16-5-8-18/h2-3,10,16H,4-9H2,1H3,(H,17,19). The van der Waals surface area contributed by atoms with Crippen molar-refractivity contribution in [3.8, 4) is 0 Å². The molecule has 0 atom stereocenters. The fraction of sp³-hybridized carbons (Fsp3) is 0.500. The molecule has 0 spiro atoms. The summed E-state index contributed by atoms with van der Waals surface area (Å²) in [6.45, 7) is 7.78. The first-order valence-electron chi connectivity index (χ1n) is 6.64. The van der Waals surface area contributed by atoms with Crippen LogP contribution in [-0.4, -0.2) is 50.1 Å². The molecular weight excluding hydrogens is 306 g/mol. The van der Waals surface area contributed by atoms with E-state index in [1.54, 1.807) is 0 Å². The topological polar surface area (TPSA) is 44.4 Å². The zero-order chi connectivity index (χ0) is 13.7. The molecule has 1 aliphatic heterocycles. The van der Waals surface area contributed by atoms with Crippen LogP contribution in [0.15, 0.2) is 22.7 Å². The highest BCUT2D eigenvalue weighted by Crippen LogP contribution is 2.15. The molecule has 2 rings (SSSR count). The first kappa shape index (κ1) is 14.5. The lowest BCUT2D eigenvalue weighted by molar-refractivity contribution is 0.0946. The summed E-state index contributed by atoms with van der Waals surface area (Å²) in [6.07, 6.45) is 0. The number of rotatable bonds is 4. The molecule has 1 fully saturated rings. The predicted octanol–water partition coefficient (Wildman–Crippen LogP) is 1.39. The first-order valence-corrected chi connectivity index (χ1v) is 7.43. The molecule has 5 heteroatoms. The van der Waals surface area contributed by atoms with Gasteiger partial charge in [0, 0.05) is 49.3 Å². The summed E-state index contributed by atoms with van der Waals surface area (Å²) in [5.74, 6) is 0.0140. The number of nitrogens with zero attached hydrogens (tertiary/aromatic N) is 1. The summed E-state index contributed by atoms with van der Waals surface area (Å²) in [5.41, 5.74) is 1.75. The minimum atomic E-state index is 0.0140. The molecule has 0 aromatic heterocycles. The van der Waals surface area contributed by atoms with Gasteiger partial charge in [0.25, 0.3) is 5.91 Å². The van der Waals surface area contributed by atoms with E-state index in [9.17, 15) is 4.79 Å². The molecule has 1 heterocycles. The molecule has 1 aromatic carbocycles. The van der Waals surface area contributed by atoms with Gasteiger partial charge in [0.2, 0.25) is 0 Å². The average Bonchev–Trinajstić information content (AvgIpc) is 2.39. The van der Waals surface area contributed by atoms with Gasteiger partial charge in [-0.05, 0) is 30.7 Å². The van der Waals surface area contributed by atoms with Crippen molar-refractivity contribution in [1.29, 1.82) is 0 Å². The van der Waals surface area contributed by atoms with Gasteiger partial charge in [-0.15, -0.1) is 0 Å². The van der Waals surface area contributed by atoms with Crippen LogP contribution in [0.4, 0.5) is 0 Å². The molecule has 0 saturated carbocycles. The van der Waals surface area contributed by atoms with Gasteiger partial charge in [-0.25, -0.2) is 0 Å². The number of amides is 1. The molecule has 19 heavy (non-hydrogen) atoms. The Morgan fingerprint density at radius 1 is 1.42 bits per heavy atom. The molecule has 1 aromatic rings. The molecule has 4 nitrogen and oxygen atoms in total. The number of nitrogens with one attached hydrogen (secondary N) is 2. The second-order valence-corrected chi connectivity index (χ2v) is 5.72. The molecule has 0 aliphatic carbocycles. The van der Waals surface area contributed by atoms with Crippen molar-refractivity contribution in [1.82, 2.24) is 15.5 Å². The van der Waals surface area contributed by atoms with E-state index in [1.807, 2.05) is 25.1 Å². The Balaban J connectivity index is 1.80. The number of aryl methyl sites for hydroxylation is 1. The first-order chi connectivity index (χ1) is 9.16. The van der Waals surface area contributed by atoms with Crippen LogP contribution >= 0.6 is 15.9 Å². The SMILES string of the molecule is Cc1cc(Br)ccc1C(=O)NCCN1CCNCC1. The molecule has 1 aliphatic rings. The lowest BCUT2D eigenvalue weighted by atomic mass is 10.1. The van der Waals surface area contributed by atoms with Gasteiger partial charge >= 0.3 is 0 Å². The van der Waals surface area contributed by atoms with Crippen LogP contribution in [0.2, 0.25) is 0 Å². The van der Waals surface area contributed by atoms with E-state index in [4.69, 9.17) is 0 Å². The van der Waals surface area contributed by atoms with Gasteiger partial charge in [-0.1, -0.05) is 15.9 Å². The second-order valence-electron chi connectivity index (χ2n) is 4.81.